The number of rotatable bonds is 12. The predicted octanol–water partition coefficient (Wildman–Crippen LogP) is 4.26. The van der Waals surface area contributed by atoms with Gasteiger partial charge in [-0.25, -0.2) is 23.0 Å². The second-order valence-corrected chi connectivity index (χ2v) is 14.0. The van der Waals surface area contributed by atoms with Crippen LogP contribution in [0.3, 0.4) is 0 Å². The summed E-state index contributed by atoms with van der Waals surface area (Å²) in [5.74, 6) is -3.09. The molecule has 1 atom stereocenters. The number of hydrogen-bond acceptors (Lipinski definition) is 9. The van der Waals surface area contributed by atoms with Gasteiger partial charge < -0.3 is 19.7 Å². The maximum absolute atomic E-state index is 13.9. The quantitative estimate of drug-likeness (QED) is 0.206. The molecule has 0 unspecified atom stereocenters. The van der Waals surface area contributed by atoms with E-state index >= 15 is 0 Å². The molecule has 1 fully saturated rings. The van der Waals surface area contributed by atoms with Gasteiger partial charge in [-0.05, 0) is 62.4 Å². The fourth-order valence-electron chi connectivity index (χ4n) is 5.64. The summed E-state index contributed by atoms with van der Waals surface area (Å²) in [6, 6.07) is 19.1. The average Bonchev–Trinajstić information content (AvgIpc) is 3.51. The maximum atomic E-state index is 13.9. The summed E-state index contributed by atoms with van der Waals surface area (Å²) in [6.45, 7) is 1.45. The number of pyridine rings is 1. The minimum atomic E-state index is -3.83. The third-order valence-electron chi connectivity index (χ3n) is 8.25. The fourth-order valence-corrected chi connectivity index (χ4v) is 6.85. The Morgan fingerprint density at radius 2 is 1.69 bits per heavy atom. The molecule has 1 saturated heterocycles. The second-order valence-electron chi connectivity index (χ2n) is 11.8. The van der Waals surface area contributed by atoms with Gasteiger partial charge in [-0.1, -0.05) is 48.5 Å². The largest absolute Gasteiger partial charge is 0.465 e. The number of urea groups is 1. The molecule has 0 bridgehead atoms. The summed E-state index contributed by atoms with van der Waals surface area (Å²) in [5.41, 5.74) is 2.76. The lowest BCUT2D eigenvalue weighted by Crippen LogP contribution is -2.54. The van der Waals surface area contributed by atoms with Crippen molar-refractivity contribution in [1.82, 2.24) is 25.1 Å². The normalized spacial score (nSPS) is 14.4. The number of piperidine rings is 1. The van der Waals surface area contributed by atoms with Crippen LogP contribution in [0.4, 0.5) is 9.59 Å². The first-order valence-electron chi connectivity index (χ1n) is 15.7. The number of amides is 4. The third kappa shape index (κ3) is 8.82. The van der Waals surface area contributed by atoms with Crippen molar-refractivity contribution in [3.8, 4) is 0 Å². The number of nitrogens with zero attached hydrogens (tertiary/aromatic N) is 4. The van der Waals surface area contributed by atoms with E-state index in [1.54, 1.807) is 49.4 Å². The molecule has 4 aromatic rings. The van der Waals surface area contributed by atoms with Crippen molar-refractivity contribution in [3.63, 3.8) is 0 Å². The summed E-state index contributed by atoms with van der Waals surface area (Å²) in [5, 5.41) is 12.0. The van der Waals surface area contributed by atoms with Crippen molar-refractivity contribution in [2.75, 3.05) is 25.4 Å². The molecule has 0 radical (unpaired) electrons. The molecule has 1 aliphatic rings. The van der Waals surface area contributed by atoms with E-state index in [0.29, 0.717) is 28.9 Å². The number of benzene rings is 2. The molecule has 0 aliphatic carbocycles. The van der Waals surface area contributed by atoms with Crippen molar-refractivity contribution in [2.24, 2.45) is 5.92 Å². The first-order valence-corrected chi connectivity index (χ1v) is 17.5. The number of hydrogen-bond donors (Lipinski definition) is 2. The van der Waals surface area contributed by atoms with Gasteiger partial charge >= 0.3 is 12.1 Å². The highest BCUT2D eigenvalue weighted by Gasteiger charge is 2.36. The van der Waals surface area contributed by atoms with Crippen LogP contribution in [0.15, 0.2) is 77.2 Å². The van der Waals surface area contributed by atoms with Crippen molar-refractivity contribution in [3.05, 3.63) is 95.6 Å². The number of Topliss-reactive ketones (excluding diaryl/α,β-unsaturated/α-hetero) is 1. The Labute approximate surface area is 277 Å². The number of nitrogens with one attached hydrogen (secondary N) is 1. The molecule has 2 N–H and O–H groups in total. The number of para-hydroxylation sites is 2. The summed E-state index contributed by atoms with van der Waals surface area (Å²) < 4.78 is 32.0. The smallest absolute Gasteiger partial charge is 0.407 e. The van der Waals surface area contributed by atoms with Crippen molar-refractivity contribution in [2.45, 2.75) is 44.4 Å². The number of carbonyl (C=O) groups excluding carboxylic acids is 3. The van der Waals surface area contributed by atoms with Crippen LogP contribution in [0, 0.1) is 12.8 Å². The third-order valence-corrected chi connectivity index (χ3v) is 9.79. The number of likely N-dealkylation sites (tertiary alicyclic amines) is 1. The molecule has 2 aromatic heterocycles. The summed E-state index contributed by atoms with van der Waals surface area (Å²) >= 11 is 0. The van der Waals surface area contributed by atoms with E-state index in [0.717, 1.165) is 10.5 Å². The Hall–Kier alpha value is -5.11. The maximum Gasteiger partial charge on any atom is 0.407 e. The van der Waals surface area contributed by atoms with Crippen LogP contribution in [0.25, 0.3) is 11.1 Å². The number of ketones is 1. The molecule has 5 rings (SSSR count). The van der Waals surface area contributed by atoms with E-state index in [1.807, 2.05) is 30.3 Å². The minimum absolute atomic E-state index is 0.0917. The second kappa shape index (κ2) is 15.2. The molecule has 1 aliphatic heterocycles. The van der Waals surface area contributed by atoms with Crippen LogP contribution in [0.1, 0.15) is 46.9 Å². The lowest BCUT2D eigenvalue weighted by molar-refractivity contribution is -0.133. The Morgan fingerprint density at radius 1 is 0.979 bits per heavy atom. The first kappa shape index (κ1) is 34.2. The van der Waals surface area contributed by atoms with E-state index in [1.165, 1.54) is 4.90 Å². The topological polar surface area (TPSA) is 180 Å². The van der Waals surface area contributed by atoms with Crippen LogP contribution in [0.2, 0.25) is 0 Å². The number of aromatic nitrogens is 2. The van der Waals surface area contributed by atoms with Crippen molar-refractivity contribution in [1.29, 1.82) is 0 Å². The zero-order valence-electron chi connectivity index (χ0n) is 26.4. The summed E-state index contributed by atoms with van der Waals surface area (Å²) in [4.78, 5) is 63.5. The average molecular weight is 676 g/mol. The van der Waals surface area contributed by atoms with Gasteiger partial charge in [0.2, 0.25) is 11.7 Å². The van der Waals surface area contributed by atoms with Gasteiger partial charge in [0.25, 0.3) is 5.89 Å². The van der Waals surface area contributed by atoms with Gasteiger partial charge in [0.1, 0.15) is 5.52 Å². The van der Waals surface area contributed by atoms with E-state index in [-0.39, 0.29) is 44.0 Å². The van der Waals surface area contributed by atoms with E-state index in [9.17, 15) is 32.7 Å². The Kier molecular flexibility index (Phi) is 10.8. The van der Waals surface area contributed by atoms with Crippen LogP contribution in [-0.4, -0.2) is 88.5 Å². The highest BCUT2D eigenvalue weighted by molar-refractivity contribution is 7.90. The lowest BCUT2D eigenvalue weighted by atomic mass is 9.95. The summed E-state index contributed by atoms with van der Waals surface area (Å²) in [6.07, 6.45) is -0.242. The Balaban J connectivity index is 1.38. The number of sulfone groups is 1. The van der Waals surface area contributed by atoms with Gasteiger partial charge in [-0.3, -0.25) is 19.5 Å². The highest BCUT2D eigenvalue weighted by Crippen LogP contribution is 2.22. The number of fused-ring (bicyclic) bond motifs is 1. The Bertz CT molecular complexity index is 1850. The number of carboxylic acid groups (broad SMARTS) is 1. The molecule has 0 saturated carbocycles. The fraction of sp³-hybridized carbons (Fsp3) is 0.353. The predicted molar refractivity (Wildman–Crippen MR) is 176 cm³/mol. The lowest BCUT2D eigenvalue weighted by Gasteiger charge is -2.32. The monoisotopic (exact) mass is 675 g/mol. The molecule has 13 nitrogen and oxygen atoms in total. The molecule has 3 heterocycles. The van der Waals surface area contributed by atoms with Crippen LogP contribution < -0.4 is 5.32 Å². The van der Waals surface area contributed by atoms with Crippen LogP contribution >= 0.6 is 0 Å². The molecule has 252 valence electrons. The molecule has 48 heavy (non-hydrogen) atoms. The van der Waals surface area contributed by atoms with Gasteiger partial charge in [0, 0.05) is 31.2 Å². The molecule has 4 amide bonds. The van der Waals surface area contributed by atoms with E-state index < -0.39 is 57.9 Å². The molecule has 2 aromatic carbocycles. The Morgan fingerprint density at radius 3 is 2.38 bits per heavy atom. The number of oxazole rings is 1. The molecule has 0 spiro atoms. The molecule has 14 heteroatoms. The number of carbonyl (C=O) groups is 4. The van der Waals surface area contributed by atoms with Gasteiger partial charge in [0.05, 0.1) is 23.2 Å². The van der Waals surface area contributed by atoms with Gasteiger partial charge in [0.15, 0.2) is 15.4 Å². The van der Waals surface area contributed by atoms with Crippen LogP contribution in [0.5, 0.6) is 0 Å². The van der Waals surface area contributed by atoms with Crippen molar-refractivity contribution >= 4 is 44.8 Å². The number of imide groups is 1. The zero-order valence-corrected chi connectivity index (χ0v) is 27.3. The zero-order chi connectivity index (χ0) is 34.3. The standard InChI is InChI=1S/C34H37N5O8S/c1-23-8-7-11-26(35-23)22-48(45,46)21-20-39(32(41)25-16-18-38(19-17-25)34(43)44)33(42)37-28(15-14-24-9-3-2-4-10-24)30(40)31-36-27-12-5-6-13-29(27)47-31/h2-13,25,28H,14-22H2,1H3,(H,37,42)(H,43,44)/t28-/m0/s1. The van der Waals surface area contributed by atoms with Gasteiger partial charge in [-0.2, -0.15) is 0 Å². The SMILES string of the molecule is Cc1cccc(CS(=O)(=O)CCN(C(=O)N[C@@H](CCc2ccccc2)C(=O)c2nc3ccccc3o2)C(=O)C2CCN(C(=O)O)CC2)n1. The van der Waals surface area contributed by atoms with E-state index in [2.05, 4.69) is 15.3 Å². The van der Waals surface area contributed by atoms with Crippen LogP contribution in [-0.2, 0) is 26.8 Å². The van der Waals surface area contributed by atoms with E-state index in [4.69, 9.17) is 4.42 Å². The van der Waals surface area contributed by atoms with Crippen molar-refractivity contribution < 1.29 is 37.1 Å². The molecular formula is C34H37N5O8S. The summed E-state index contributed by atoms with van der Waals surface area (Å²) in [7, 11) is -3.83. The minimum Gasteiger partial charge on any atom is -0.465 e. The number of aryl methyl sites for hydroxylation is 2. The molecular weight excluding hydrogens is 638 g/mol. The van der Waals surface area contributed by atoms with Gasteiger partial charge in [-0.15, -0.1) is 0 Å². The first-order chi connectivity index (χ1) is 23.0. The highest BCUT2D eigenvalue weighted by atomic mass is 32.2.